The average Bonchev–Trinajstić information content (AvgIpc) is 2.74. The number of rotatable bonds is 4. The van der Waals surface area contributed by atoms with Gasteiger partial charge in [-0.05, 0) is 31.0 Å². The first kappa shape index (κ1) is 19.4. The molecule has 8 nitrogen and oxygen atoms in total. The molecule has 0 bridgehead atoms. The second kappa shape index (κ2) is 7.49. The molecular formula is C20H20N2O6S. The van der Waals surface area contributed by atoms with Crippen molar-refractivity contribution in [1.29, 1.82) is 0 Å². The molecule has 0 aromatic heterocycles. The van der Waals surface area contributed by atoms with E-state index in [0.717, 1.165) is 11.3 Å². The molecule has 2 heterocycles. The van der Waals surface area contributed by atoms with Crippen molar-refractivity contribution in [2.24, 2.45) is 0 Å². The Bertz CT molecular complexity index is 1060. The van der Waals surface area contributed by atoms with Crippen LogP contribution in [0.25, 0.3) is 0 Å². The van der Waals surface area contributed by atoms with Crippen LogP contribution < -0.4 is 4.90 Å². The number of piperidine rings is 1. The van der Waals surface area contributed by atoms with Gasteiger partial charge in [-0.2, -0.15) is 4.31 Å². The van der Waals surface area contributed by atoms with Gasteiger partial charge in [-0.15, -0.1) is 0 Å². The van der Waals surface area contributed by atoms with E-state index in [4.69, 9.17) is 4.74 Å². The Hall–Kier alpha value is -2.91. The van der Waals surface area contributed by atoms with Gasteiger partial charge in [0.2, 0.25) is 10.0 Å². The first-order valence-corrected chi connectivity index (χ1v) is 10.7. The Morgan fingerprint density at radius 3 is 2.41 bits per heavy atom. The number of aromatic carboxylic acids is 1. The number of sulfonamides is 1. The van der Waals surface area contributed by atoms with E-state index < -0.39 is 22.1 Å². The van der Waals surface area contributed by atoms with Crippen molar-refractivity contribution in [2.75, 3.05) is 18.0 Å². The van der Waals surface area contributed by atoms with Gasteiger partial charge in [-0.1, -0.05) is 30.3 Å². The molecule has 0 atom stereocenters. The van der Waals surface area contributed by atoms with Gasteiger partial charge in [-0.3, -0.25) is 4.90 Å². The summed E-state index contributed by atoms with van der Waals surface area (Å²) in [6.45, 7) is 0.602. The number of nitrogens with zero attached hydrogens (tertiary/aromatic N) is 2. The largest absolute Gasteiger partial charge is 0.478 e. The van der Waals surface area contributed by atoms with Crippen molar-refractivity contribution in [3.05, 3.63) is 59.7 Å². The monoisotopic (exact) mass is 416 g/mol. The molecular weight excluding hydrogens is 396 g/mol. The minimum Gasteiger partial charge on any atom is -0.478 e. The number of benzene rings is 2. The van der Waals surface area contributed by atoms with Gasteiger partial charge in [0.15, 0.2) is 0 Å². The molecule has 29 heavy (non-hydrogen) atoms. The minimum atomic E-state index is -3.95. The zero-order valence-electron chi connectivity index (χ0n) is 15.5. The van der Waals surface area contributed by atoms with Crippen LogP contribution in [0.1, 0.15) is 28.8 Å². The third-order valence-corrected chi connectivity index (χ3v) is 7.28. The molecule has 0 radical (unpaired) electrons. The first-order chi connectivity index (χ1) is 13.9. The van der Waals surface area contributed by atoms with Gasteiger partial charge in [0.25, 0.3) is 0 Å². The van der Waals surface area contributed by atoms with Crippen LogP contribution in [0.15, 0.2) is 53.4 Å². The molecule has 152 valence electrons. The highest BCUT2D eigenvalue weighted by molar-refractivity contribution is 7.89. The molecule has 4 rings (SSSR count). The van der Waals surface area contributed by atoms with Gasteiger partial charge in [-0.25, -0.2) is 18.0 Å². The highest BCUT2D eigenvalue weighted by Gasteiger charge is 2.37. The lowest BCUT2D eigenvalue weighted by molar-refractivity contribution is 0.0692. The number of carbonyl (C=O) groups is 2. The van der Waals surface area contributed by atoms with Gasteiger partial charge >= 0.3 is 12.1 Å². The number of hydrogen-bond acceptors (Lipinski definition) is 5. The third-order valence-electron chi connectivity index (χ3n) is 5.32. The van der Waals surface area contributed by atoms with E-state index in [1.54, 1.807) is 4.90 Å². The highest BCUT2D eigenvalue weighted by atomic mass is 32.2. The summed E-state index contributed by atoms with van der Waals surface area (Å²) in [5, 5.41) is 9.32. The fourth-order valence-corrected chi connectivity index (χ4v) is 5.52. The summed E-state index contributed by atoms with van der Waals surface area (Å²) in [6.07, 6.45) is 0.428. The quantitative estimate of drug-likeness (QED) is 0.822. The van der Waals surface area contributed by atoms with Gasteiger partial charge in [0.1, 0.15) is 6.61 Å². The fourth-order valence-electron chi connectivity index (χ4n) is 3.87. The minimum absolute atomic E-state index is 0.187. The van der Waals surface area contributed by atoms with Crippen LogP contribution in [0.5, 0.6) is 0 Å². The molecule has 2 aromatic carbocycles. The van der Waals surface area contributed by atoms with Gasteiger partial charge in [0.05, 0.1) is 16.1 Å². The summed E-state index contributed by atoms with van der Waals surface area (Å²) >= 11 is 0. The number of anilines is 1. The lowest BCUT2D eigenvalue weighted by Gasteiger charge is -2.39. The van der Waals surface area contributed by atoms with E-state index in [-0.39, 0.29) is 36.2 Å². The van der Waals surface area contributed by atoms with Crippen LogP contribution >= 0.6 is 0 Å². The number of ether oxygens (including phenoxy) is 1. The van der Waals surface area contributed by atoms with E-state index >= 15 is 0 Å². The van der Waals surface area contributed by atoms with E-state index in [0.29, 0.717) is 12.8 Å². The Kier molecular flexibility index (Phi) is 5.01. The molecule has 1 fully saturated rings. The summed E-state index contributed by atoms with van der Waals surface area (Å²) in [4.78, 5) is 25.2. The first-order valence-electron chi connectivity index (χ1n) is 9.26. The zero-order valence-corrected chi connectivity index (χ0v) is 16.3. The number of carboxylic acid groups (broad SMARTS) is 1. The summed E-state index contributed by atoms with van der Waals surface area (Å²) < 4.78 is 32.6. The maximum Gasteiger partial charge on any atom is 0.414 e. The lowest BCUT2D eigenvalue weighted by Crippen LogP contribution is -2.50. The third kappa shape index (κ3) is 3.47. The fraction of sp³-hybridized carbons (Fsp3) is 0.300. The lowest BCUT2D eigenvalue weighted by atomic mass is 10.0. The Labute approximate surface area is 168 Å². The van der Waals surface area contributed by atoms with Crippen molar-refractivity contribution in [3.8, 4) is 0 Å². The number of fused-ring (bicyclic) bond motifs is 1. The predicted octanol–water partition coefficient (Wildman–Crippen LogP) is 2.69. The van der Waals surface area contributed by atoms with Gasteiger partial charge in [0, 0.05) is 24.7 Å². The molecule has 2 aromatic rings. The van der Waals surface area contributed by atoms with Crippen LogP contribution in [0, 0.1) is 0 Å². The van der Waals surface area contributed by atoms with Crippen LogP contribution in [0.2, 0.25) is 0 Å². The van der Waals surface area contributed by atoms with Crippen LogP contribution in [-0.2, 0) is 21.4 Å². The molecule has 0 saturated carbocycles. The zero-order chi connectivity index (χ0) is 20.6. The van der Waals surface area contributed by atoms with Gasteiger partial charge < -0.3 is 9.84 Å². The molecule has 2 aliphatic heterocycles. The van der Waals surface area contributed by atoms with Crippen molar-refractivity contribution in [3.63, 3.8) is 0 Å². The SMILES string of the molecule is O=C(O)c1ccccc1S(=O)(=O)N1CCC(N2C(=O)OCc3ccccc32)CC1. The topological polar surface area (TPSA) is 104 Å². The standard InChI is InChI=1S/C20H20N2O6S/c23-19(24)16-6-2-4-8-18(16)29(26,27)21-11-9-15(10-12-21)22-17-7-3-1-5-14(17)13-28-20(22)25/h1-8,15H,9-13H2,(H,23,24). The highest BCUT2D eigenvalue weighted by Crippen LogP contribution is 2.33. The molecule has 0 spiro atoms. The summed E-state index contributed by atoms with van der Waals surface area (Å²) in [7, 11) is -3.95. The summed E-state index contributed by atoms with van der Waals surface area (Å²) in [5.41, 5.74) is 1.46. The summed E-state index contributed by atoms with van der Waals surface area (Å²) in [6, 6.07) is 12.9. The van der Waals surface area contributed by atoms with Crippen molar-refractivity contribution in [1.82, 2.24) is 4.31 Å². The molecule has 2 aliphatic rings. The number of hydrogen-bond donors (Lipinski definition) is 1. The Morgan fingerprint density at radius 1 is 1.03 bits per heavy atom. The maximum absolute atomic E-state index is 13.0. The number of amides is 1. The molecule has 0 unspecified atom stereocenters. The average molecular weight is 416 g/mol. The molecule has 1 amide bonds. The summed E-state index contributed by atoms with van der Waals surface area (Å²) in [5.74, 6) is -1.29. The number of carbonyl (C=O) groups excluding carboxylic acids is 1. The van der Waals surface area contributed by atoms with E-state index in [9.17, 15) is 23.1 Å². The second-order valence-electron chi connectivity index (χ2n) is 6.99. The van der Waals surface area contributed by atoms with Crippen molar-refractivity contribution in [2.45, 2.75) is 30.4 Å². The number of carboxylic acids is 1. The van der Waals surface area contributed by atoms with E-state index in [2.05, 4.69) is 0 Å². The van der Waals surface area contributed by atoms with Crippen molar-refractivity contribution < 1.29 is 27.9 Å². The number of cyclic esters (lactones) is 1. The molecule has 1 N–H and O–H groups in total. The molecule has 0 aliphatic carbocycles. The van der Waals surface area contributed by atoms with E-state index in [1.807, 2.05) is 24.3 Å². The molecule has 9 heteroatoms. The predicted molar refractivity (Wildman–Crippen MR) is 104 cm³/mol. The van der Waals surface area contributed by atoms with Crippen molar-refractivity contribution >= 4 is 27.8 Å². The second-order valence-corrected chi connectivity index (χ2v) is 8.90. The van der Waals surface area contributed by atoms with Crippen LogP contribution in [0.3, 0.4) is 0 Å². The Balaban J connectivity index is 1.55. The normalized spacial score (nSPS) is 18.2. The maximum atomic E-state index is 13.0. The van der Waals surface area contributed by atoms with E-state index in [1.165, 1.54) is 28.6 Å². The number of para-hydroxylation sites is 1. The molecule has 1 saturated heterocycles. The Morgan fingerprint density at radius 2 is 1.69 bits per heavy atom. The smallest absolute Gasteiger partial charge is 0.414 e. The van der Waals surface area contributed by atoms with Crippen LogP contribution in [-0.4, -0.2) is 49.0 Å². The van der Waals surface area contributed by atoms with Crippen LogP contribution in [0.4, 0.5) is 10.5 Å².